The zero-order valence-electron chi connectivity index (χ0n) is 10.8. The molecule has 1 atom stereocenters. The van der Waals surface area contributed by atoms with E-state index in [-0.39, 0.29) is 17.3 Å². The highest BCUT2D eigenvalue weighted by Gasteiger charge is 2.16. The van der Waals surface area contributed by atoms with Crippen LogP contribution in [0.2, 0.25) is 0 Å². The third-order valence-corrected chi connectivity index (χ3v) is 3.46. The van der Waals surface area contributed by atoms with Crippen LogP contribution in [0.1, 0.15) is 31.9 Å². The van der Waals surface area contributed by atoms with Crippen LogP contribution < -0.4 is 0 Å². The van der Waals surface area contributed by atoms with E-state index in [0.717, 1.165) is 11.3 Å². The molecule has 0 bridgehead atoms. The third-order valence-electron chi connectivity index (χ3n) is 2.27. The molecule has 3 nitrogen and oxygen atoms in total. The monoisotopic (exact) mass is 263 g/mol. The summed E-state index contributed by atoms with van der Waals surface area (Å²) in [6, 6.07) is 9.46. The summed E-state index contributed by atoms with van der Waals surface area (Å²) >= 11 is 1.54. The summed E-state index contributed by atoms with van der Waals surface area (Å²) in [5.41, 5.74) is 1.75. The van der Waals surface area contributed by atoms with Gasteiger partial charge in [-0.1, -0.05) is 12.1 Å². The molecule has 0 aromatic heterocycles. The number of nitriles is 1. The maximum absolute atomic E-state index is 11.6. The highest BCUT2D eigenvalue weighted by molar-refractivity contribution is 7.99. The molecular formula is C14H17NO2S. The van der Waals surface area contributed by atoms with Gasteiger partial charge in [0.2, 0.25) is 0 Å². The molecule has 0 fully saturated rings. The van der Waals surface area contributed by atoms with E-state index in [1.165, 1.54) is 11.8 Å². The molecule has 4 heteroatoms. The normalized spacial score (nSPS) is 11.9. The molecule has 0 aliphatic rings. The maximum Gasteiger partial charge on any atom is 0.319 e. The van der Waals surface area contributed by atoms with Gasteiger partial charge in [0.1, 0.15) is 0 Å². The fourth-order valence-electron chi connectivity index (χ4n) is 1.29. The van der Waals surface area contributed by atoms with Crippen molar-refractivity contribution in [3.05, 3.63) is 35.4 Å². The maximum atomic E-state index is 11.6. The van der Waals surface area contributed by atoms with E-state index < -0.39 is 0 Å². The highest BCUT2D eigenvalue weighted by atomic mass is 32.2. The Morgan fingerprint density at radius 3 is 2.44 bits per heavy atom. The average Bonchev–Trinajstić information content (AvgIpc) is 2.35. The van der Waals surface area contributed by atoms with Crippen LogP contribution >= 0.6 is 11.8 Å². The van der Waals surface area contributed by atoms with E-state index in [1.807, 2.05) is 32.9 Å². The van der Waals surface area contributed by atoms with Gasteiger partial charge in [-0.05, 0) is 38.5 Å². The molecule has 0 saturated heterocycles. The van der Waals surface area contributed by atoms with Gasteiger partial charge in [0.25, 0.3) is 0 Å². The van der Waals surface area contributed by atoms with Crippen molar-refractivity contribution in [2.24, 2.45) is 0 Å². The van der Waals surface area contributed by atoms with Gasteiger partial charge in [0, 0.05) is 5.75 Å². The van der Waals surface area contributed by atoms with Crippen molar-refractivity contribution >= 4 is 17.7 Å². The molecule has 1 aromatic rings. The number of hydrogen-bond acceptors (Lipinski definition) is 4. The number of rotatable bonds is 5. The Kier molecular flexibility index (Phi) is 5.73. The Labute approximate surface area is 112 Å². The molecule has 0 radical (unpaired) electrons. The molecule has 1 aromatic carbocycles. The zero-order valence-corrected chi connectivity index (χ0v) is 11.7. The minimum Gasteiger partial charge on any atom is -0.462 e. The van der Waals surface area contributed by atoms with Crippen molar-refractivity contribution in [2.45, 2.75) is 37.9 Å². The van der Waals surface area contributed by atoms with Gasteiger partial charge in [-0.25, -0.2) is 0 Å². The average molecular weight is 263 g/mol. The second-order valence-corrected chi connectivity index (χ2v) is 5.58. The molecule has 1 rings (SSSR count). The Morgan fingerprint density at radius 1 is 1.33 bits per heavy atom. The lowest BCUT2D eigenvalue weighted by molar-refractivity contribution is -0.146. The lowest BCUT2D eigenvalue weighted by atomic mass is 10.2. The van der Waals surface area contributed by atoms with E-state index in [9.17, 15) is 4.79 Å². The van der Waals surface area contributed by atoms with Crippen LogP contribution in [0.4, 0.5) is 0 Å². The van der Waals surface area contributed by atoms with Crippen LogP contribution in [0.3, 0.4) is 0 Å². The Bertz CT molecular complexity index is 434. The number of nitrogens with zero attached hydrogens (tertiary/aromatic N) is 1. The molecule has 0 heterocycles. The first-order chi connectivity index (χ1) is 8.52. The van der Waals surface area contributed by atoms with Crippen molar-refractivity contribution in [1.29, 1.82) is 5.26 Å². The standard InChI is InChI=1S/C14H17NO2S/c1-10(2)17-14(16)11(3)18-9-13-6-4-12(8-15)5-7-13/h4-7,10-11H,9H2,1-3H3. The first kappa shape index (κ1) is 14.6. The van der Waals surface area contributed by atoms with Gasteiger partial charge in [-0.2, -0.15) is 5.26 Å². The second kappa shape index (κ2) is 7.07. The fourth-order valence-corrected chi connectivity index (χ4v) is 2.12. The van der Waals surface area contributed by atoms with E-state index in [4.69, 9.17) is 10.00 Å². The topological polar surface area (TPSA) is 50.1 Å². The lowest BCUT2D eigenvalue weighted by Gasteiger charge is -2.13. The van der Waals surface area contributed by atoms with Gasteiger partial charge in [0.15, 0.2) is 0 Å². The largest absolute Gasteiger partial charge is 0.462 e. The predicted molar refractivity (Wildman–Crippen MR) is 73.1 cm³/mol. The molecule has 0 aliphatic carbocycles. The minimum atomic E-state index is -0.178. The first-order valence-corrected chi connectivity index (χ1v) is 6.89. The van der Waals surface area contributed by atoms with Crippen LogP contribution in [0.25, 0.3) is 0 Å². The Morgan fingerprint density at radius 2 is 1.94 bits per heavy atom. The summed E-state index contributed by atoms with van der Waals surface area (Å²) in [4.78, 5) is 11.6. The highest BCUT2D eigenvalue weighted by Crippen LogP contribution is 2.19. The van der Waals surface area contributed by atoms with Gasteiger partial charge in [-0.3, -0.25) is 4.79 Å². The van der Waals surface area contributed by atoms with E-state index in [2.05, 4.69) is 6.07 Å². The number of hydrogen-bond donors (Lipinski definition) is 0. The molecule has 0 aliphatic heterocycles. The SMILES string of the molecule is CC(C)OC(=O)C(C)SCc1ccc(C#N)cc1. The summed E-state index contributed by atoms with van der Waals surface area (Å²) in [6.45, 7) is 5.53. The molecule has 0 N–H and O–H groups in total. The molecule has 96 valence electrons. The fraction of sp³-hybridized carbons (Fsp3) is 0.429. The minimum absolute atomic E-state index is 0.0736. The van der Waals surface area contributed by atoms with Crippen LogP contribution in [-0.4, -0.2) is 17.3 Å². The van der Waals surface area contributed by atoms with Crippen LogP contribution in [0.5, 0.6) is 0 Å². The Balaban J connectivity index is 2.44. The van der Waals surface area contributed by atoms with Crippen molar-refractivity contribution in [2.75, 3.05) is 0 Å². The summed E-state index contributed by atoms with van der Waals surface area (Å²) in [7, 11) is 0. The van der Waals surface area contributed by atoms with Crippen molar-refractivity contribution < 1.29 is 9.53 Å². The van der Waals surface area contributed by atoms with Crippen LogP contribution in [-0.2, 0) is 15.3 Å². The molecule has 0 amide bonds. The quantitative estimate of drug-likeness (QED) is 0.766. The van der Waals surface area contributed by atoms with Crippen LogP contribution in [0.15, 0.2) is 24.3 Å². The van der Waals surface area contributed by atoms with Crippen molar-refractivity contribution in [1.82, 2.24) is 0 Å². The smallest absolute Gasteiger partial charge is 0.319 e. The number of esters is 1. The first-order valence-electron chi connectivity index (χ1n) is 5.84. The van der Waals surface area contributed by atoms with Crippen LogP contribution in [0, 0.1) is 11.3 Å². The third kappa shape index (κ3) is 4.80. The van der Waals surface area contributed by atoms with Crippen molar-refractivity contribution in [3.8, 4) is 6.07 Å². The number of carbonyl (C=O) groups is 1. The molecular weight excluding hydrogens is 246 g/mol. The van der Waals surface area contributed by atoms with Gasteiger partial charge >= 0.3 is 5.97 Å². The van der Waals surface area contributed by atoms with E-state index in [0.29, 0.717) is 5.56 Å². The summed E-state index contributed by atoms with van der Waals surface area (Å²) < 4.78 is 5.13. The number of ether oxygens (including phenoxy) is 1. The van der Waals surface area contributed by atoms with E-state index in [1.54, 1.807) is 12.1 Å². The van der Waals surface area contributed by atoms with Crippen molar-refractivity contribution in [3.63, 3.8) is 0 Å². The summed E-state index contributed by atoms with van der Waals surface area (Å²) in [5, 5.41) is 8.51. The van der Waals surface area contributed by atoms with Gasteiger partial charge < -0.3 is 4.74 Å². The number of thioether (sulfide) groups is 1. The summed E-state index contributed by atoms with van der Waals surface area (Å²) in [6.07, 6.45) is -0.0736. The van der Waals surface area contributed by atoms with E-state index >= 15 is 0 Å². The lowest BCUT2D eigenvalue weighted by Crippen LogP contribution is -2.20. The summed E-state index contributed by atoms with van der Waals surface area (Å²) in [5.74, 6) is 0.559. The molecule has 18 heavy (non-hydrogen) atoms. The molecule has 1 unspecified atom stereocenters. The molecule has 0 spiro atoms. The van der Waals surface area contributed by atoms with Gasteiger partial charge in [-0.15, -0.1) is 11.8 Å². The second-order valence-electron chi connectivity index (χ2n) is 4.25. The number of carbonyl (C=O) groups excluding carboxylic acids is 1. The zero-order chi connectivity index (χ0) is 13.5. The predicted octanol–water partition coefficient (Wildman–Crippen LogP) is 3.13. The molecule has 0 saturated carbocycles. The van der Waals surface area contributed by atoms with Gasteiger partial charge in [0.05, 0.1) is 23.0 Å². The Hall–Kier alpha value is -1.47. The number of benzene rings is 1.